The standard InChI is InChI=1S/C28H29N3O3/c1-32-24-16-21(17-25(18-24)33-2)27-26-10-6-7-15-29-28(26)31(30-27)22-11-13-23(14-12-22)34-19-20-8-4-3-5-9-20/h3-5,8-9,11-14,16-18,29H,6-7,10,15,19H2,1-2H3. The molecule has 0 saturated carbocycles. The zero-order valence-electron chi connectivity index (χ0n) is 19.6. The van der Waals surface area contributed by atoms with Gasteiger partial charge in [-0.25, -0.2) is 4.68 Å². The molecule has 0 aliphatic carbocycles. The average Bonchev–Trinajstić information content (AvgIpc) is 3.08. The molecule has 4 aromatic rings. The number of nitrogens with zero attached hydrogens (tertiary/aromatic N) is 2. The topological polar surface area (TPSA) is 57.5 Å². The highest BCUT2D eigenvalue weighted by molar-refractivity contribution is 5.73. The lowest BCUT2D eigenvalue weighted by molar-refractivity contribution is 0.306. The summed E-state index contributed by atoms with van der Waals surface area (Å²) in [6.45, 7) is 1.47. The molecule has 0 bridgehead atoms. The summed E-state index contributed by atoms with van der Waals surface area (Å²) >= 11 is 0. The van der Waals surface area contributed by atoms with E-state index in [1.54, 1.807) is 14.2 Å². The second kappa shape index (κ2) is 9.91. The lowest BCUT2D eigenvalue weighted by Gasteiger charge is -2.11. The molecule has 1 aromatic heterocycles. The van der Waals surface area contributed by atoms with Crippen molar-refractivity contribution in [3.63, 3.8) is 0 Å². The third-order valence-corrected chi connectivity index (χ3v) is 6.08. The van der Waals surface area contributed by atoms with E-state index >= 15 is 0 Å². The van der Waals surface area contributed by atoms with Crippen molar-refractivity contribution in [2.24, 2.45) is 0 Å². The van der Waals surface area contributed by atoms with Crippen LogP contribution < -0.4 is 19.5 Å². The van der Waals surface area contributed by atoms with Crippen molar-refractivity contribution in [2.75, 3.05) is 26.1 Å². The first-order valence-electron chi connectivity index (χ1n) is 11.6. The van der Waals surface area contributed by atoms with Crippen molar-refractivity contribution in [3.8, 4) is 34.2 Å². The lowest BCUT2D eigenvalue weighted by Crippen LogP contribution is -2.07. The fourth-order valence-electron chi connectivity index (χ4n) is 4.29. The van der Waals surface area contributed by atoms with Crippen LogP contribution in [0.1, 0.15) is 24.0 Å². The Morgan fingerprint density at radius 3 is 2.29 bits per heavy atom. The molecule has 6 nitrogen and oxygen atoms in total. The maximum Gasteiger partial charge on any atom is 0.133 e. The van der Waals surface area contributed by atoms with Crippen molar-refractivity contribution in [2.45, 2.75) is 25.9 Å². The van der Waals surface area contributed by atoms with Gasteiger partial charge in [-0.3, -0.25) is 0 Å². The zero-order valence-corrected chi connectivity index (χ0v) is 19.6. The van der Waals surface area contributed by atoms with Crippen LogP contribution in [0.4, 0.5) is 5.82 Å². The normalized spacial score (nSPS) is 12.9. The van der Waals surface area contributed by atoms with Gasteiger partial charge < -0.3 is 19.5 Å². The Bertz CT molecular complexity index is 1230. The van der Waals surface area contributed by atoms with Gasteiger partial charge in [-0.2, -0.15) is 5.10 Å². The van der Waals surface area contributed by atoms with Crippen LogP contribution in [0.25, 0.3) is 16.9 Å². The fraction of sp³-hybridized carbons (Fsp3) is 0.250. The van der Waals surface area contributed by atoms with Gasteiger partial charge in [0.25, 0.3) is 0 Å². The molecule has 34 heavy (non-hydrogen) atoms. The molecule has 5 rings (SSSR count). The van der Waals surface area contributed by atoms with E-state index in [9.17, 15) is 0 Å². The van der Waals surface area contributed by atoms with Gasteiger partial charge in [0, 0.05) is 23.7 Å². The summed E-state index contributed by atoms with van der Waals surface area (Å²) in [6, 6.07) is 24.2. The van der Waals surface area contributed by atoms with Crippen molar-refractivity contribution in [1.29, 1.82) is 0 Å². The highest BCUT2D eigenvalue weighted by atomic mass is 16.5. The van der Waals surface area contributed by atoms with Crippen LogP contribution in [0.2, 0.25) is 0 Å². The van der Waals surface area contributed by atoms with Gasteiger partial charge >= 0.3 is 0 Å². The van der Waals surface area contributed by atoms with E-state index in [4.69, 9.17) is 19.3 Å². The predicted octanol–water partition coefficient (Wildman–Crippen LogP) is 5.88. The molecule has 1 aliphatic rings. The van der Waals surface area contributed by atoms with E-state index in [0.29, 0.717) is 6.61 Å². The van der Waals surface area contributed by atoms with E-state index in [-0.39, 0.29) is 0 Å². The summed E-state index contributed by atoms with van der Waals surface area (Å²) in [5.74, 6) is 3.38. The Balaban J connectivity index is 1.48. The van der Waals surface area contributed by atoms with E-state index in [0.717, 1.165) is 71.4 Å². The minimum Gasteiger partial charge on any atom is -0.497 e. The van der Waals surface area contributed by atoms with E-state index in [1.165, 1.54) is 5.56 Å². The number of methoxy groups -OCH3 is 2. The molecule has 0 atom stereocenters. The smallest absolute Gasteiger partial charge is 0.133 e. The molecule has 1 aliphatic heterocycles. The van der Waals surface area contributed by atoms with Crippen LogP contribution in [0.5, 0.6) is 17.2 Å². The van der Waals surface area contributed by atoms with E-state index in [2.05, 4.69) is 29.6 Å². The number of aromatic nitrogens is 2. The molecule has 0 spiro atoms. The quantitative estimate of drug-likeness (QED) is 0.377. The van der Waals surface area contributed by atoms with Gasteiger partial charge in [-0.05, 0) is 61.2 Å². The van der Waals surface area contributed by atoms with Gasteiger partial charge in [0.15, 0.2) is 0 Å². The second-order valence-electron chi connectivity index (χ2n) is 8.34. The molecule has 3 aromatic carbocycles. The van der Waals surface area contributed by atoms with Gasteiger partial charge in [-0.15, -0.1) is 0 Å². The molecule has 2 heterocycles. The Hall–Kier alpha value is -3.93. The molecule has 0 saturated heterocycles. The first-order valence-corrected chi connectivity index (χ1v) is 11.6. The Kier molecular flexibility index (Phi) is 6.38. The summed E-state index contributed by atoms with van der Waals surface area (Å²) < 4.78 is 19.0. The van der Waals surface area contributed by atoms with Crippen LogP contribution in [0.15, 0.2) is 72.8 Å². The SMILES string of the molecule is COc1cc(OC)cc(-c2nn(-c3ccc(OCc4ccccc4)cc3)c3c2CCCCN3)c1. The van der Waals surface area contributed by atoms with Crippen LogP contribution >= 0.6 is 0 Å². The number of rotatable bonds is 7. The van der Waals surface area contributed by atoms with Gasteiger partial charge in [0.05, 0.1) is 25.6 Å². The Labute approximate surface area is 200 Å². The number of nitrogens with one attached hydrogen (secondary N) is 1. The molecule has 0 radical (unpaired) electrons. The highest BCUT2D eigenvalue weighted by Crippen LogP contribution is 2.37. The van der Waals surface area contributed by atoms with Crippen molar-refractivity contribution in [3.05, 3.63) is 83.9 Å². The van der Waals surface area contributed by atoms with Gasteiger partial charge in [0.1, 0.15) is 29.7 Å². The predicted molar refractivity (Wildman–Crippen MR) is 134 cm³/mol. The molecule has 0 unspecified atom stereocenters. The zero-order chi connectivity index (χ0) is 23.3. The van der Waals surface area contributed by atoms with Crippen molar-refractivity contribution in [1.82, 2.24) is 9.78 Å². The summed E-state index contributed by atoms with van der Waals surface area (Å²) in [5, 5.41) is 8.66. The number of ether oxygens (including phenoxy) is 3. The fourth-order valence-corrected chi connectivity index (χ4v) is 4.29. The number of anilines is 1. The van der Waals surface area contributed by atoms with Crippen molar-refractivity contribution >= 4 is 5.82 Å². The average molecular weight is 456 g/mol. The number of fused-ring (bicyclic) bond motifs is 1. The molecule has 6 heteroatoms. The third-order valence-electron chi connectivity index (χ3n) is 6.08. The maximum atomic E-state index is 5.97. The first kappa shape index (κ1) is 21.9. The van der Waals surface area contributed by atoms with Crippen LogP contribution in [0, 0.1) is 0 Å². The summed E-state index contributed by atoms with van der Waals surface area (Å²) in [7, 11) is 3.33. The molecule has 174 valence electrons. The Morgan fingerprint density at radius 1 is 0.853 bits per heavy atom. The van der Waals surface area contributed by atoms with Crippen LogP contribution in [-0.4, -0.2) is 30.5 Å². The summed E-state index contributed by atoms with van der Waals surface area (Å²) in [5.41, 5.74) is 5.28. The minimum absolute atomic E-state index is 0.542. The van der Waals surface area contributed by atoms with Gasteiger partial charge in [-0.1, -0.05) is 30.3 Å². The van der Waals surface area contributed by atoms with Crippen LogP contribution in [0.3, 0.4) is 0 Å². The monoisotopic (exact) mass is 455 g/mol. The molecule has 1 N–H and O–H groups in total. The maximum absolute atomic E-state index is 5.97. The van der Waals surface area contributed by atoms with Gasteiger partial charge in [0.2, 0.25) is 0 Å². The first-order chi connectivity index (χ1) is 16.7. The lowest BCUT2D eigenvalue weighted by atomic mass is 10.0. The number of hydrogen-bond acceptors (Lipinski definition) is 5. The molecule has 0 fully saturated rings. The minimum atomic E-state index is 0.542. The molecular weight excluding hydrogens is 426 g/mol. The summed E-state index contributed by atoms with van der Waals surface area (Å²) in [6.07, 6.45) is 3.21. The molecule has 0 amide bonds. The highest BCUT2D eigenvalue weighted by Gasteiger charge is 2.22. The van der Waals surface area contributed by atoms with Crippen LogP contribution in [-0.2, 0) is 13.0 Å². The van der Waals surface area contributed by atoms with Crippen molar-refractivity contribution < 1.29 is 14.2 Å². The third kappa shape index (κ3) is 4.57. The number of hydrogen-bond donors (Lipinski definition) is 1. The largest absolute Gasteiger partial charge is 0.497 e. The number of benzene rings is 3. The van der Waals surface area contributed by atoms with E-state index in [1.807, 2.05) is 53.2 Å². The second-order valence-corrected chi connectivity index (χ2v) is 8.34. The Morgan fingerprint density at radius 2 is 1.59 bits per heavy atom. The summed E-state index contributed by atoms with van der Waals surface area (Å²) in [4.78, 5) is 0. The molecular formula is C28H29N3O3. The van der Waals surface area contributed by atoms with E-state index < -0.39 is 0 Å².